The number of rotatable bonds is 3. The predicted octanol–water partition coefficient (Wildman–Crippen LogP) is 6.00. The molecule has 6 rings (SSSR count). The number of hydrogen-bond acceptors (Lipinski definition) is 4. The third-order valence-electron chi connectivity index (χ3n) is 6.99. The average molecular weight is 425 g/mol. The van der Waals surface area contributed by atoms with Crippen molar-refractivity contribution in [3.05, 3.63) is 66.0 Å². The van der Waals surface area contributed by atoms with Crippen LogP contribution >= 0.6 is 0 Å². The van der Waals surface area contributed by atoms with E-state index < -0.39 is 0 Å². The molecule has 2 heterocycles. The van der Waals surface area contributed by atoms with E-state index in [9.17, 15) is 0 Å². The summed E-state index contributed by atoms with van der Waals surface area (Å²) in [6.45, 7) is 4.07. The zero-order valence-corrected chi connectivity index (χ0v) is 18.7. The lowest BCUT2D eigenvalue weighted by Gasteiger charge is -2.42. The molecule has 5 nitrogen and oxygen atoms in total. The zero-order valence-electron chi connectivity index (χ0n) is 18.7. The van der Waals surface area contributed by atoms with Crippen molar-refractivity contribution < 1.29 is 4.74 Å². The van der Waals surface area contributed by atoms with Gasteiger partial charge in [-0.15, -0.1) is 5.10 Å². The van der Waals surface area contributed by atoms with Gasteiger partial charge in [-0.25, -0.2) is 14.5 Å². The van der Waals surface area contributed by atoms with Crippen molar-refractivity contribution in [2.75, 3.05) is 0 Å². The minimum atomic E-state index is 0.102. The molecule has 0 unspecified atom stereocenters. The molecule has 1 spiro atoms. The van der Waals surface area contributed by atoms with Crippen LogP contribution in [-0.4, -0.2) is 25.7 Å². The Labute approximate surface area is 188 Å². The van der Waals surface area contributed by atoms with Crippen molar-refractivity contribution in [3.8, 4) is 28.4 Å². The molecule has 5 heteroatoms. The molecular weight excluding hydrogens is 396 g/mol. The van der Waals surface area contributed by atoms with Gasteiger partial charge in [0.05, 0.1) is 11.8 Å². The minimum absolute atomic E-state index is 0.102. The van der Waals surface area contributed by atoms with E-state index in [0.29, 0.717) is 0 Å². The van der Waals surface area contributed by atoms with Gasteiger partial charge in [-0.05, 0) is 50.8 Å². The van der Waals surface area contributed by atoms with Gasteiger partial charge in [-0.3, -0.25) is 0 Å². The van der Waals surface area contributed by atoms with Crippen LogP contribution in [0.15, 0.2) is 54.9 Å². The monoisotopic (exact) mass is 424 g/mol. The summed E-state index contributed by atoms with van der Waals surface area (Å²) in [5.74, 6) is 1.56. The average Bonchev–Trinajstić information content (AvgIpc) is 3.24. The molecular formula is C27H28N4O. The summed E-state index contributed by atoms with van der Waals surface area (Å²) in [5, 5.41) is 4.83. The number of benzene rings is 2. The Morgan fingerprint density at radius 2 is 1.84 bits per heavy atom. The second-order valence-electron chi connectivity index (χ2n) is 9.54. The van der Waals surface area contributed by atoms with Crippen molar-refractivity contribution in [2.24, 2.45) is 0 Å². The maximum absolute atomic E-state index is 5.90. The van der Waals surface area contributed by atoms with E-state index in [1.807, 2.05) is 49.0 Å². The second kappa shape index (κ2) is 7.44. The summed E-state index contributed by atoms with van der Waals surface area (Å²) in [6, 6.07) is 16.8. The third kappa shape index (κ3) is 3.10. The highest BCUT2D eigenvalue weighted by molar-refractivity contribution is 5.78. The molecule has 2 aromatic heterocycles. The smallest absolute Gasteiger partial charge is 0.182 e. The molecule has 1 saturated carbocycles. The van der Waals surface area contributed by atoms with Crippen LogP contribution in [0.3, 0.4) is 0 Å². The first-order valence-corrected chi connectivity index (χ1v) is 11.7. The lowest BCUT2D eigenvalue weighted by Crippen LogP contribution is -2.36. The Bertz CT molecular complexity index is 1300. The molecule has 32 heavy (non-hydrogen) atoms. The van der Waals surface area contributed by atoms with E-state index in [0.717, 1.165) is 34.9 Å². The number of aromatic nitrogens is 4. The second-order valence-corrected chi connectivity index (χ2v) is 9.54. The van der Waals surface area contributed by atoms with Crippen LogP contribution in [0.4, 0.5) is 0 Å². The molecule has 0 atom stereocenters. The third-order valence-corrected chi connectivity index (χ3v) is 6.99. The van der Waals surface area contributed by atoms with Crippen LogP contribution in [0.5, 0.6) is 5.75 Å². The van der Waals surface area contributed by atoms with E-state index >= 15 is 0 Å². The van der Waals surface area contributed by atoms with Gasteiger partial charge in [-0.1, -0.05) is 55.7 Å². The minimum Gasteiger partial charge on any atom is -0.491 e. The van der Waals surface area contributed by atoms with E-state index in [-0.39, 0.29) is 11.5 Å². The molecule has 2 aromatic carbocycles. The summed E-state index contributed by atoms with van der Waals surface area (Å²) in [4.78, 5) is 10.0. The fourth-order valence-electron chi connectivity index (χ4n) is 5.67. The maximum atomic E-state index is 5.90. The molecule has 0 bridgehead atoms. The van der Waals surface area contributed by atoms with Crippen LogP contribution in [0.25, 0.3) is 28.3 Å². The maximum Gasteiger partial charge on any atom is 0.182 e. The summed E-state index contributed by atoms with van der Waals surface area (Å²) in [7, 11) is 0. The lowest BCUT2D eigenvalue weighted by atomic mass is 9.62. The summed E-state index contributed by atoms with van der Waals surface area (Å²) in [5.41, 5.74) is 7.08. The van der Waals surface area contributed by atoms with Gasteiger partial charge in [0, 0.05) is 22.1 Å². The lowest BCUT2D eigenvalue weighted by molar-refractivity contribution is 0.242. The van der Waals surface area contributed by atoms with Crippen molar-refractivity contribution in [3.63, 3.8) is 0 Å². The molecule has 2 aliphatic carbocycles. The van der Waals surface area contributed by atoms with Crippen molar-refractivity contribution >= 4 is 5.65 Å². The molecule has 0 amide bonds. The van der Waals surface area contributed by atoms with Gasteiger partial charge in [-0.2, -0.15) is 0 Å². The first kappa shape index (κ1) is 19.5. The van der Waals surface area contributed by atoms with Gasteiger partial charge in [0.1, 0.15) is 12.1 Å². The van der Waals surface area contributed by atoms with E-state index in [1.165, 1.54) is 48.8 Å². The molecule has 0 N–H and O–H groups in total. The largest absolute Gasteiger partial charge is 0.491 e. The van der Waals surface area contributed by atoms with Gasteiger partial charge in [0.2, 0.25) is 0 Å². The van der Waals surface area contributed by atoms with Crippen molar-refractivity contribution in [1.29, 1.82) is 0 Å². The number of nitrogens with zero attached hydrogens (tertiary/aromatic N) is 4. The molecule has 2 aliphatic rings. The normalized spacial score (nSPS) is 16.8. The SMILES string of the molecule is CC(C)Oc1cccc(-c2nc3c4c(ncn3n2)-c2ccccc2CC42CCCCC2)c1. The highest BCUT2D eigenvalue weighted by Gasteiger charge is 2.42. The summed E-state index contributed by atoms with van der Waals surface area (Å²) >= 11 is 0. The highest BCUT2D eigenvalue weighted by atomic mass is 16.5. The molecule has 162 valence electrons. The predicted molar refractivity (Wildman–Crippen MR) is 126 cm³/mol. The Kier molecular flexibility index (Phi) is 4.53. The summed E-state index contributed by atoms with van der Waals surface area (Å²) in [6.07, 6.45) is 9.24. The van der Waals surface area contributed by atoms with E-state index in [2.05, 4.69) is 24.3 Å². The Morgan fingerprint density at radius 1 is 1.00 bits per heavy atom. The van der Waals surface area contributed by atoms with Gasteiger partial charge < -0.3 is 4.74 Å². The van der Waals surface area contributed by atoms with Crippen LogP contribution < -0.4 is 4.74 Å². The van der Waals surface area contributed by atoms with Crippen LogP contribution in [0.2, 0.25) is 0 Å². The molecule has 4 aromatic rings. The molecule has 0 aliphatic heterocycles. The first-order valence-electron chi connectivity index (χ1n) is 11.7. The van der Waals surface area contributed by atoms with E-state index in [1.54, 1.807) is 0 Å². The Hall–Kier alpha value is -3.21. The number of ether oxygens (including phenoxy) is 1. The fraction of sp³-hybridized carbons (Fsp3) is 0.370. The van der Waals surface area contributed by atoms with Crippen LogP contribution in [-0.2, 0) is 11.8 Å². The molecule has 0 saturated heterocycles. The first-order chi connectivity index (χ1) is 15.6. The zero-order chi connectivity index (χ0) is 21.7. The standard InChI is InChI=1S/C27H28N4O/c1-18(2)32-21-11-8-10-19(15-21)25-29-26-23-24(28-17-31(26)30-25)22-12-5-4-9-20(22)16-27(23)13-6-3-7-14-27/h4-5,8-12,15,17-18H,3,6-7,13-14,16H2,1-2H3. The van der Waals surface area contributed by atoms with Gasteiger partial charge >= 0.3 is 0 Å². The quantitative estimate of drug-likeness (QED) is 0.404. The fourth-order valence-corrected chi connectivity index (χ4v) is 5.67. The number of hydrogen-bond donors (Lipinski definition) is 0. The van der Waals surface area contributed by atoms with Gasteiger partial charge in [0.25, 0.3) is 0 Å². The molecule has 1 fully saturated rings. The highest BCUT2D eigenvalue weighted by Crippen LogP contribution is 2.51. The van der Waals surface area contributed by atoms with Crippen LogP contribution in [0, 0.1) is 0 Å². The number of fused-ring (bicyclic) bond motifs is 6. The topological polar surface area (TPSA) is 52.3 Å². The summed E-state index contributed by atoms with van der Waals surface area (Å²) < 4.78 is 7.78. The Balaban J connectivity index is 1.55. The Morgan fingerprint density at radius 3 is 2.69 bits per heavy atom. The molecule has 0 radical (unpaired) electrons. The van der Waals surface area contributed by atoms with Crippen LogP contribution in [0.1, 0.15) is 57.1 Å². The van der Waals surface area contributed by atoms with Crippen molar-refractivity contribution in [2.45, 2.75) is 63.9 Å². The van der Waals surface area contributed by atoms with Gasteiger partial charge in [0.15, 0.2) is 11.5 Å². The van der Waals surface area contributed by atoms with Crippen molar-refractivity contribution in [1.82, 2.24) is 19.6 Å². The van der Waals surface area contributed by atoms with E-state index in [4.69, 9.17) is 19.8 Å².